The lowest BCUT2D eigenvalue weighted by molar-refractivity contribution is 0.0951. The molecule has 0 saturated heterocycles. The number of carbonyl (C=O) groups is 1. The molecule has 0 radical (unpaired) electrons. The normalized spacial score (nSPS) is 10.4. The molecule has 0 aliphatic carbocycles. The summed E-state index contributed by atoms with van der Waals surface area (Å²) in [7, 11) is 0. The summed E-state index contributed by atoms with van der Waals surface area (Å²) in [6.45, 7) is 1.10. The van der Waals surface area contributed by atoms with Crippen LogP contribution in [0.5, 0.6) is 0 Å². The van der Waals surface area contributed by atoms with E-state index in [2.05, 4.69) is 22.8 Å². The van der Waals surface area contributed by atoms with Gasteiger partial charge in [0, 0.05) is 18.8 Å². The molecule has 132 valence electrons. The Bertz CT molecular complexity index is 898. The summed E-state index contributed by atoms with van der Waals surface area (Å²) in [6.07, 6.45) is 0. The Labute approximate surface area is 163 Å². The van der Waals surface area contributed by atoms with Gasteiger partial charge in [-0.05, 0) is 29.3 Å². The van der Waals surface area contributed by atoms with Crippen LogP contribution in [0.3, 0.4) is 0 Å². The van der Waals surface area contributed by atoms with E-state index in [9.17, 15) is 4.79 Å². The molecule has 3 rings (SSSR count). The predicted octanol–water partition coefficient (Wildman–Crippen LogP) is 5.54. The lowest BCUT2D eigenvalue weighted by atomic mass is 10.1. The Morgan fingerprint density at radius 2 is 1.54 bits per heavy atom. The minimum atomic E-state index is -0.254. The van der Waals surface area contributed by atoms with Gasteiger partial charge in [-0.1, -0.05) is 77.8 Å². The highest BCUT2D eigenvalue weighted by Crippen LogP contribution is 2.25. The maximum Gasteiger partial charge on any atom is 0.253 e. The van der Waals surface area contributed by atoms with E-state index in [1.165, 1.54) is 5.56 Å². The van der Waals surface area contributed by atoms with E-state index in [1.807, 2.05) is 42.5 Å². The average molecular weight is 385 g/mol. The van der Waals surface area contributed by atoms with Crippen molar-refractivity contribution >= 4 is 34.8 Å². The molecule has 0 aliphatic heterocycles. The lowest BCUT2D eigenvalue weighted by Crippen LogP contribution is -2.23. The van der Waals surface area contributed by atoms with E-state index >= 15 is 0 Å². The van der Waals surface area contributed by atoms with Crippen LogP contribution in [-0.2, 0) is 13.1 Å². The van der Waals surface area contributed by atoms with Crippen LogP contribution in [0.2, 0.25) is 10.0 Å². The molecule has 0 aliphatic rings. The van der Waals surface area contributed by atoms with Gasteiger partial charge in [-0.15, -0.1) is 0 Å². The van der Waals surface area contributed by atoms with Crippen molar-refractivity contribution in [2.24, 2.45) is 0 Å². The third kappa shape index (κ3) is 4.57. The monoisotopic (exact) mass is 384 g/mol. The largest absolute Gasteiger partial charge is 0.381 e. The quantitative estimate of drug-likeness (QED) is 0.585. The Balaban J connectivity index is 1.66. The van der Waals surface area contributed by atoms with Gasteiger partial charge in [0.1, 0.15) is 0 Å². The van der Waals surface area contributed by atoms with Crippen LogP contribution in [-0.4, -0.2) is 5.91 Å². The number of benzene rings is 3. The molecule has 3 aromatic carbocycles. The molecule has 3 aromatic rings. The van der Waals surface area contributed by atoms with Crippen molar-refractivity contribution in [3.63, 3.8) is 0 Å². The summed E-state index contributed by atoms with van der Waals surface area (Å²) in [5.74, 6) is -0.254. The minimum absolute atomic E-state index is 0.254. The van der Waals surface area contributed by atoms with Crippen LogP contribution in [0, 0.1) is 0 Å². The summed E-state index contributed by atoms with van der Waals surface area (Å²) in [6, 6.07) is 23.1. The number of halogens is 2. The lowest BCUT2D eigenvalue weighted by Gasteiger charge is -2.13. The molecule has 5 heteroatoms. The predicted molar refractivity (Wildman–Crippen MR) is 108 cm³/mol. The number of nitrogens with one attached hydrogen (secondary N) is 2. The first-order chi connectivity index (χ1) is 12.6. The molecular formula is C21H18Cl2N2O. The van der Waals surface area contributed by atoms with Gasteiger partial charge in [-0.25, -0.2) is 0 Å². The Morgan fingerprint density at radius 1 is 0.808 bits per heavy atom. The molecule has 0 saturated carbocycles. The van der Waals surface area contributed by atoms with Gasteiger partial charge in [0.25, 0.3) is 5.91 Å². The molecule has 3 nitrogen and oxygen atoms in total. The fraction of sp³-hybridized carbons (Fsp3) is 0.0952. The number of amides is 1. The zero-order valence-corrected chi connectivity index (χ0v) is 15.5. The summed E-state index contributed by atoms with van der Waals surface area (Å²) in [5.41, 5.74) is 3.54. The average Bonchev–Trinajstić information content (AvgIpc) is 2.68. The number of hydrogen-bond acceptors (Lipinski definition) is 2. The number of hydrogen-bond donors (Lipinski definition) is 2. The molecule has 0 unspecified atom stereocenters. The molecule has 0 spiro atoms. The highest BCUT2D eigenvalue weighted by Gasteiger charge is 2.12. The van der Waals surface area contributed by atoms with Crippen LogP contribution in [0.15, 0.2) is 72.8 Å². The summed E-state index contributed by atoms with van der Waals surface area (Å²) < 4.78 is 0. The van der Waals surface area contributed by atoms with Crippen LogP contribution in [0.1, 0.15) is 21.5 Å². The van der Waals surface area contributed by atoms with Crippen molar-refractivity contribution < 1.29 is 4.79 Å². The van der Waals surface area contributed by atoms with Gasteiger partial charge in [0.05, 0.1) is 15.6 Å². The Morgan fingerprint density at radius 3 is 2.35 bits per heavy atom. The van der Waals surface area contributed by atoms with Gasteiger partial charge in [0.2, 0.25) is 0 Å². The molecule has 1 amide bonds. The van der Waals surface area contributed by atoms with Crippen molar-refractivity contribution in [1.29, 1.82) is 0 Å². The topological polar surface area (TPSA) is 41.1 Å². The van der Waals surface area contributed by atoms with E-state index < -0.39 is 0 Å². The van der Waals surface area contributed by atoms with Crippen LogP contribution >= 0.6 is 23.2 Å². The molecule has 0 aromatic heterocycles. The fourth-order valence-corrected chi connectivity index (χ4v) is 2.98. The van der Waals surface area contributed by atoms with Crippen LogP contribution in [0.4, 0.5) is 5.69 Å². The molecule has 26 heavy (non-hydrogen) atoms. The Hall–Kier alpha value is -2.49. The third-order valence-electron chi connectivity index (χ3n) is 3.98. The smallest absolute Gasteiger partial charge is 0.253 e. The minimum Gasteiger partial charge on any atom is -0.381 e. The van der Waals surface area contributed by atoms with Crippen LogP contribution in [0.25, 0.3) is 0 Å². The maximum absolute atomic E-state index is 12.4. The number of para-hydroxylation sites is 1. The molecule has 2 N–H and O–H groups in total. The van der Waals surface area contributed by atoms with Crippen molar-refractivity contribution in [3.8, 4) is 0 Å². The third-order valence-corrected chi connectivity index (χ3v) is 4.80. The highest BCUT2D eigenvalue weighted by atomic mass is 35.5. The first-order valence-electron chi connectivity index (χ1n) is 8.23. The van der Waals surface area contributed by atoms with E-state index in [-0.39, 0.29) is 10.9 Å². The van der Waals surface area contributed by atoms with Gasteiger partial charge in [0.15, 0.2) is 0 Å². The summed E-state index contributed by atoms with van der Waals surface area (Å²) >= 11 is 12.1. The van der Waals surface area contributed by atoms with Crippen molar-refractivity contribution in [3.05, 3.63) is 99.5 Å². The van der Waals surface area contributed by atoms with Gasteiger partial charge >= 0.3 is 0 Å². The molecule has 0 bridgehead atoms. The number of carbonyl (C=O) groups excluding carboxylic acids is 1. The number of anilines is 1. The first-order valence-corrected chi connectivity index (χ1v) is 8.98. The maximum atomic E-state index is 12.4. The highest BCUT2D eigenvalue weighted by molar-refractivity contribution is 6.43. The van der Waals surface area contributed by atoms with Gasteiger partial charge < -0.3 is 10.6 Å². The zero-order chi connectivity index (χ0) is 18.4. The fourth-order valence-electron chi connectivity index (χ4n) is 2.59. The standard InChI is InChI=1S/C21H18Cl2N2O/c22-18-11-6-10-17(20(18)23)21(26)25-14-16-9-4-5-12-19(16)24-13-15-7-2-1-3-8-15/h1-12,24H,13-14H2,(H,25,26). The second-order valence-corrected chi connectivity index (χ2v) is 6.57. The van der Waals surface area contributed by atoms with E-state index in [0.29, 0.717) is 23.7 Å². The van der Waals surface area contributed by atoms with Crippen LogP contribution < -0.4 is 10.6 Å². The number of rotatable bonds is 6. The van der Waals surface area contributed by atoms with Crippen molar-refractivity contribution in [2.45, 2.75) is 13.1 Å². The van der Waals surface area contributed by atoms with Crippen molar-refractivity contribution in [2.75, 3.05) is 5.32 Å². The molecule has 0 heterocycles. The van der Waals surface area contributed by atoms with E-state index in [1.54, 1.807) is 18.2 Å². The van der Waals surface area contributed by atoms with Gasteiger partial charge in [-0.3, -0.25) is 4.79 Å². The Kier molecular flexibility index (Phi) is 6.16. The summed E-state index contributed by atoms with van der Waals surface area (Å²) in [5, 5.41) is 6.95. The van der Waals surface area contributed by atoms with Crippen molar-refractivity contribution in [1.82, 2.24) is 5.32 Å². The first kappa shape index (κ1) is 18.3. The SMILES string of the molecule is O=C(NCc1ccccc1NCc1ccccc1)c1cccc(Cl)c1Cl. The summed E-state index contributed by atoms with van der Waals surface area (Å²) in [4.78, 5) is 12.4. The zero-order valence-electron chi connectivity index (χ0n) is 14.0. The molecular weight excluding hydrogens is 367 g/mol. The molecule has 0 fully saturated rings. The molecule has 0 atom stereocenters. The van der Waals surface area contributed by atoms with Gasteiger partial charge in [-0.2, -0.15) is 0 Å². The van der Waals surface area contributed by atoms with E-state index in [0.717, 1.165) is 11.3 Å². The second-order valence-electron chi connectivity index (χ2n) is 5.78. The second kappa shape index (κ2) is 8.75. The van der Waals surface area contributed by atoms with E-state index in [4.69, 9.17) is 23.2 Å².